The summed E-state index contributed by atoms with van der Waals surface area (Å²) >= 11 is 0. The number of aromatic nitrogens is 1. The highest BCUT2D eigenvalue weighted by molar-refractivity contribution is 6.00. The molecule has 31 heavy (non-hydrogen) atoms. The average molecular weight is 413 g/mol. The fraction of sp³-hybridized carbons (Fsp3) is 0.308. The average Bonchev–Trinajstić information content (AvgIpc) is 3.19. The molecule has 2 aliphatic rings. The normalized spacial score (nSPS) is 17.4. The molecule has 3 N–H and O–H groups in total. The second-order valence-electron chi connectivity index (χ2n) is 8.80. The van der Waals surface area contributed by atoms with Crippen LogP contribution in [0, 0.1) is 6.92 Å². The van der Waals surface area contributed by atoms with Gasteiger partial charge in [0.1, 0.15) is 5.82 Å². The number of carbonyl (C=O) groups is 1. The van der Waals surface area contributed by atoms with Crippen molar-refractivity contribution in [1.29, 1.82) is 0 Å². The van der Waals surface area contributed by atoms with Crippen LogP contribution in [0.2, 0.25) is 0 Å². The van der Waals surface area contributed by atoms with Crippen LogP contribution in [0.4, 0.5) is 11.5 Å². The number of nitrogens with zero attached hydrogens (tertiary/aromatic N) is 2. The first-order valence-electron chi connectivity index (χ1n) is 11.0. The number of hydrogen-bond donors (Lipinski definition) is 2. The maximum absolute atomic E-state index is 11.9. The number of pyridine rings is 1. The molecule has 3 aromatic rings. The summed E-state index contributed by atoms with van der Waals surface area (Å²) in [5.74, 6) is 0.736. The Hall–Kier alpha value is -3.18. The molecule has 0 bridgehead atoms. The highest BCUT2D eigenvalue weighted by Crippen LogP contribution is 2.39. The summed E-state index contributed by atoms with van der Waals surface area (Å²) in [6, 6.07) is 19.6. The summed E-state index contributed by atoms with van der Waals surface area (Å²) in [4.78, 5) is 18.6. The summed E-state index contributed by atoms with van der Waals surface area (Å²) in [5, 5.41) is 2.86. The van der Waals surface area contributed by atoms with Crippen LogP contribution in [0.25, 0.3) is 11.1 Å². The molecule has 0 unspecified atom stereocenters. The van der Waals surface area contributed by atoms with Crippen LogP contribution in [0.1, 0.15) is 29.5 Å². The minimum absolute atomic E-state index is 0.0243. The van der Waals surface area contributed by atoms with Gasteiger partial charge in [-0.1, -0.05) is 54.1 Å². The number of hydrogen-bond acceptors (Lipinski definition) is 4. The number of carbonyl (C=O) groups excluding carboxylic acids is 1. The Labute approximate surface area is 183 Å². The number of rotatable bonds is 4. The van der Waals surface area contributed by atoms with Crippen LogP contribution in [0.3, 0.4) is 0 Å². The molecule has 0 spiro atoms. The Morgan fingerprint density at radius 2 is 1.81 bits per heavy atom. The van der Waals surface area contributed by atoms with Crippen molar-refractivity contribution >= 4 is 17.4 Å². The highest BCUT2D eigenvalue weighted by atomic mass is 16.1. The van der Waals surface area contributed by atoms with E-state index in [1.165, 1.54) is 22.3 Å². The number of nitrogens with two attached hydrogens (primary N) is 1. The zero-order valence-corrected chi connectivity index (χ0v) is 17.9. The zero-order valence-electron chi connectivity index (χ0n) is 17.9. The molecule has 2 aromatic carbocycles. The van der Waals surface area contributed by atoms with Crippen molar-refractivity contribution < 1.29 is 4.79 Å². The molecule has 1 fully saturated rings. The molecular weight excluding hydrogens is 384 g/mol. The first-order valence-corrected chi connectivity index (χ1v) is 11.0. The first-order chi connectivity index (χ1) is 15.1. The molecule has 3 heterocycles. The van der Waals surface area contributed by atoms with Crippen LogP contribution >= 0.6 is 0 Å². The zero-order chi connectivity index (χ0) is 21.4. The summed E-state index contributed by atoms with van der Waals surface area (Å²) in [6.07, 6.45) is 4.17. The van der Waals surface area contributed by atoms with E-state index in [0.29, 0.717) is 18.8 Å². The van der Waals surface area contributed by atoms with Crippen molar-refractivity contribution in [3.8, 4) is 11.1 Å². The molecule has 0 saturated carbocycles. The van der Waals surface area contributed by atoms with Crippen molar-refractivity contribution in [2.24, 2.45) is 5.73 Å². The Balaban J connectivity index is 1.40. The first kappa shape index (κ1) is 19.8. The molecule has 0 radical (unpaired) electrons. The molecule has 0 atom stereocenters. The van der Waals surface area contributed by atoms with E-state index in [0.717, 1.165) is 37.2 Å². The van der Waals surface area contributed by atoms with Crippen LogP contribution in [-0.4, -0.2) is 30.5 Å². The fourth-order valence-corrected chi connectivity index (χ4v) is 5.04. The predicted molar refractivity (Wildman–Crippen MR) is 125 cm³/mol. The topological polar surface area (TPSA) is 71.2 Å². The number of aryl methyl sites for hydroxylation is 1. The molecule has 0 aliphatic carbocycles. The van der Waals surface area contributed by atoms with Crippen LogP contribution in [0.15, 0.2) is 60.8 Å². The molecule has 1 saturated heterocycles. The lowest BCUT2D eigenvalue weighted by Gasteiger charge is -2.43. The van der Waals surface area contributed by atoms with Crippen LogP contribution < -0.4 is 16.0 Å². The van der Waals surface area contributed by atoms with E-state index in [-0.39, 0.29) is 11.3 Å². The van der Waals surface area contributed by atoms with Gasteiger partial charge >= 0.3 is 0 Å². The standard InChI is InChI=1S/C26H28N4O/c1-18-4-2-5-19(14-18)20-6-3-7-21(15-20)26(17-27)9-12-30(13-10-26)23-8-11-28-25-22(23)16-24(31)29-25/h2-8,11,14-15H,9-10,12-13,16-17,27H2,1H3,(H,28,29,31). The number of fused-ring (bicyclic) bond motifs is 1. The third kappa shape index (κ3) is 3.59. The maximum Gasteiger partial charge on any atom is 0.230 e. The number of piperidine rings is 1. The third-order valence-corrected chi connectivity index (χ3v) is 6.90. The number of anilines is 2. The molecule has 5 nitrogen and oxygen atoms in total. The summed E-state index contributed by atoms with van der Waals surface area (Å²) in [6.45, 7) is 4.59. The summed E-state index contributed by atoms with van der Waals surface area (Å²) in [7, 11) is 0. The van der Waals surface area contributed by atoms with E-state index < -0.39 is 0 Å². The predicted octanol–water partition coefficient (Wildman–Crippen LogP) is 4.05. The van der Waals surface area contributed by atoms with Crippen LogP contribution in [-0.2, 0) is 16.6 Å². The van der Waals surface area contributed by atoms with Gasteiger partial charge in [-0.25, -0.2) is 4.98 Å². The monoisotopic (exact) mass is 412 g/mol. The van der Waals surface area contributed by atoms with Gasteiger partial charge in [0.15, 0.2) is 0 Å². The van der Waals surface area contributed by atoms with E-state index in [9.17, 15) is 4.79 Å². The number of benzene rings is 2. The van der Waals surface area contributed by atoms with Crippen molar-refractivity contribution in [2.75, 3.05) is 29.9 Å². The minimum Gasteiger partial charge on any atom is -0.371 e. The molecule has 1 amide bonds. The maximum atomic E-state index is 11.9. The number of nitrogens with one attached hydrogen (secondary N) is 1. The molecule has 5 heteroatoms. The Bertz CT molecular complexity index is 1130. The van der Waals surface area contributed by atoms with Crippen molar-refractivity contribution in [3.05, 3.63) is 77.5 Å². The molecule has 2 aliphatic heterocycles. The summed E-state index contributed by atoms with van der Waals surface area (Å²) in [5.41, 5.74) is 13.6. The van der Waals surface area contributed by atoms with Crippen molar-refractivity contribution in [3.63, 3.8) is 0 Å². The van der Waals surface area contributed by atoms with E-state index in [1.54, 1.807) is 6.20 Å². The van der Waals surface area contributed by atoms with E-state index in [4.69, 9.17) is 5.73 Å². The van der Waals surface area contributed by atoms with Gasteiger partial charge in [-0.2, -0.15) is 0 Å². The van der Waals surface area contributed by atoms with Gasteiger partial charge in [0.05, 0.1) is 6.42 Å². The van der Waals surface area contributed by atoms with E-state index in [2.05, 4.69) is 70.7 Å². The quantitative estimate of drug-likeness (QED) is 0.678. The van der Waals surface area contributed by atoms with Gasteiger partial charge in [0.2, 0.25) is 5.91 Å². The molecule has 1 aromatic heterocycles. The van der Waals surface area contributed by atoms with Crippen molar-refractivity contribution in [1.82, 2.24) is 4.98 Å². The van der Waals surface area contributed by atoms with E-state index in [1.807, 2.05) is 6.07 Å². The lowest BCUT2D eigenvalue weighted by molar-refractivity contribution is -0.115. The van der Waals surface area contributed by atoms with Gasteiger partial charge in [-0.15, -0.1) is 0 Å². The number of amides is 1. The fourth-order valence-electron chi connectivity index (χ4n) is 5.04. The second kappa shape index (κ2) is 7.82. The smallest absolute Gasteiger partial charge is 0.230 e. The second-order valence-corrected chi connectivity index (χ2v) is 8.80. The molecular formula is C26H28N4O. The van der Waals surface area contributed by atoms with Crippen molar-refractivity contribution in [2.45, 2.75) is 31.6 Å². The molecule has 5 rings (SSSR count). The highest BCUT2D eigenvalue weighted by Gasteiger charge is 2.36. The largest absolute Gasteiger partial charge is 0.371 e. The Kier molecular flexibility index (Phi) is 4.98. The Morgan fingerprint density at radius 3 is 2.55 bits per heavy atom. The van der Waals surface area contributed by atoms with Gasteiger partial charge in [-0.05, 0) is 42.5 Å². The summed E-state index contributed by atoms with van der Waals surface area (Å²) < 4.78 is 0. The van der Waals surface area contributed by atoms with Gasteiger partial charge in [0.25, 0.3) is 0 Å². The minimum atomic E-state index is -0.0272. The van der Waals surface area contributed by atoms with Crippen LogP contribution in [0.5, 0.6) is 0 Å². The third-order valence-electron chi connectivity index (χ3n) is 6.90. The molecule has 158 valence electrons. The SMILES string of the molecule is Cc1cccc(-c2cccc(C3(CN)CCN(c4ccnc5c4CC(=O)N5)CC3)c2)c1. The van der Waals surface area contributed by atoms with E-state index >= 15 is 0 Å². The lowest BCUT2D eigenvalue weighted by atomic mass is 9.72. The van der Waals surface area contributed by atoms with Gasteiger partial charge in [0, 0.05) is 42.5 Å². The van der Waals surface area contributed by atoms with Gasteiger partial charge < -0.3 is 16.0 Å². The van der Waals surface area contributed by atoms with Gasteiger partial charge in [-0.3, -0.25) is 4.79 Å². The Morgan fingerprint density at radius 1 is 1.06 bits per heavy atom. The lowest BCUT2D eigenvalue weighted by Crippen LogP contribution is -2.47.